The maximum atomic E-state index is 12.4. The number of methoxy groups -OCH3 is 1. The molecule has 2 heterocycles. The van der Waals surface area contributed by atoms with Crippen LogP contribution in [0.1, 0.15) is 25.7 Å². The predicted molar refractivity (Wildman–Crippen MR) is 99.7 cm³/mol. The molecular formula is C20H30N2O4. The van der Waals surface area contributed by atoms with Crippen LogP contribution in [0.2, 0.25) is 0 Å². The first-order valence-electron chi connectivity index (χ1n) is 9.63. The van der Waals surface area contributed by atoms with Crippen LogP contribution in [-0.2, 0) is 9.53 Å². The molecule has 0 aliphatic carbocycles. The van der Waals surface area contributed by atoms with Crippen LogP contribution in [0, 0.1) is 0 Å². The van der Waals surface area contributed by atoms with E-state index in [-0.39, 0.29) is 5.91 Å². The topological polar surface area (TPSA) is 51.2 Å². The highest BCUT2D eigenvalue weighted by atomic mass is 16.5. The minimum Gasteiger partial charge on any atom is -0.497 e. The van der Waals surface area contributed by atoms with Crippen molar-refractivity contribution in [1.82, 2.24) is 9.80 Å². The Labute approximate surface area is 156 Å². The van der Waals surface area contributed by atoms with E-state index in [4.69, 9.17) is 14.2 Å². The second kappa shape index (κ2) is 9.78. The van der Waals surface area contributed by atoms with Crippen molar-refractivity contribution in [1.29, 1.82) is 0 Å². The van der Waals surface area contributed by atoms with Gasteiger partial charge in [-0.25, -0.2) is 0 Å². The fourth-order valence-electron chi connectivity index (χ4n) is 3.50. The normalized spacial score (nSPS) is 21.0. The molecule has 0 N–H and O–H groups in total. The highest BCUT2D eigenvalue weighted by Gasteiger charge is 2.24. The molecule has 2 aliphatic rings. The van der Waals surface area contributed by atoms with Gasteiger partial charge in [-0.15, -0.1) is 0 Å². The summed E-state index contributed by atoms with van der Waals surface area (Å²) < 4.78 is 16.5. The van der Waals surface area contributed by atoms with Crippen molar-refractivity contribution in [3.8, 4) is 11.5 Å². The molecule has 6 heteroatoms. The molecule has 0 spiro atoms. The van der Waals surface area contributed by atoms with Crippen LogP contribution >= 0.6 is 0 Å². The first kappa shape index (κ1) is 19.0. The van der Waals surface area contributed by atoms with Gasteiger partial charge < -0.3 is 19.1 Å². The van der Waals surface area contributed by atoms with E-state index in [2.05, 4.69) is 4.90 Å². The summed E-state index contributed by atoms with van der Waals surface area (Å²) in [6, 6.07) is 7.51. The largest absolute Gasteiger partial charge is 0.497 e. The molecule has 2 fully saturated rings. The Kier molecular flexibility index (Phi) is 7.14. The smallest absolute Gasteiger partial charge is 0.222 e. The van der Waals surface area contributed by atoms with Gasteiger partial charge in [-0.3, -0.25) is 9.69 Å². The van der Waals surface area contributed by atoms with Gasteiger partial charge in [-0.2, -0.15) is 0 Å². The van der Waals surface area contributed by atoms with Gasteiger partial charge in [0.1, 0.15) is 11.5 Å². The van der Waals surface area contributed by atoms with E-state index in [1.54, 1.807) is 7.11 Å². The van der Waals surface area contributed by atoms with Crippen LogP contribution in [0.25, 0.3) is 0 Å². The van der Waals surface area contributed by atoms with Crippen molar-refractivity contribution in [2.24, 2.45) is 0 Å². The lowest BCUT2D eigenvalue weighted by atomic mass is 10.2. The Hall–Kier alpha value is -1.79. The van der Waals surface area contributed by atoms with Crippen molar-refractivity contribution >= 4 is 5.91 Å². The number of amides is 1. The molecule has 0 radical (unpaired) electrons. The van der Waals surface area contributed by atoms with Gasteiger partial charge in [0, 0.05) is 45.8 Å². The molecule has 2 aliphatic heterocycles. The minimum absolute atomic E-state index is 0.236. The van der Waals surface area contributed by atoms with E-state index in [1.807, 2.05) is 29.2 Å². The summed E-state index contributed by atoms with van der Waals surface area (Å²) in [4.78, 5) is 16.8. The number of benzene rings is 1. The van der Waals surface area contributed by atoms with Crippen molar-refractivity contribution in [2.45, 2.75) is 31.8 Å². The number of piperazine rings is 1. The molecule has 1 amide bonds. The standard InChI is InChI=1S/C20H30N2O4/c1-24-17-6-8-18(9-7-17)25-15-3-5-20(23)22-12-10-21(11-13-22)16-19-4-2-14-26-19/h6-9,19H,2-5,10-16H2,1H3. The van der Waals surface area contributed by atoms with Crippen molar-refractivity contribution in [2.75, 3.05) is 53.0 Å². The SMILES string of the molecule is COc1ccc(OCCCC(=O)N2CCN(CC3CCCO3)CC2)cc1. The van der Waals surface area contributed by atoms with E-state index in [0.717, 1.165) is 57.3 Å². The summed E-state index contributed by atoms with van der Waals surface area (Å²) in [7, 11) is 1.64. The number of hydrogen-bond donors (Lipinski definition) is 0. The number of nitrogens with zero attached hydrogens (tertiary/aromatic N) is 2. The third-order valence-corrected chi connectivity index (χ3v) is 5.07. The van der Waals surface area contributed by atoms with Crippen molar-refractivity contribution in [3.63, 3.8) is 0 Å². The van der Waals surface area contributed by atoms with Gasteiger partial charge in [0.25, 0.3) is 0 Å². The second-order valence-corrected chi connectivity index (χ2v) is 6.94. The predicted octanol–water partition coefficient (Wildman–Crippen LogP) is 2.18. The molecular weight excluding hydrogens is 332 g/mol. The summed E-state index contributed by atoms with van der Waals surface area (Å²) in [6.45, 7) is 6.02. The molecule has 3 rings (SSSR count). The second-order valence-electron chi connectivity index (χ2n) is 6.94. The molecule has 1 aromatic rings. The summed E-state index contributed by atoms with van der Waals surface area (Å²) in [6.07, 6.45) is 4.03. The average Bonchev–Trinajstić information content (AvgIpc) is 3.19. The lowest BCUT2D eigenvalue weighted by Gasteiger charge is -2.35. The molecule has 1 unspecified atom stereocenters. The Morgan fingerprint density at radius 3 is 2.54 bits per heavy atom. The number of hydrogen-bond acceptors (Lipinski definition) is 5. The van der Waals surface area contributed by atoms with Gasteiger partial charge in [-0.05, 0) is 43.5 Å². The van der Waals surface area contributed by atoms with E-state index >= 15 is 0 Å². The summed E-state index contributed by atoms with van der Waals surface area (Å²) in [5.41, 5.74) is 0. The summed E-state index contributed by atoms with van der Waals surface area (Å²) in [5, 5.41) is 0. The fraction of sp³-hybridized carbons (Fsp3) is 0.650. The van der Waals surface area contributed by atoms with E-state index < -0.39 is 0 Å². The number of carbonyl (C=O) groups is 1. The molecule has 1 aromatic carbocycles. The van der Waals surface area contributed by atoms with Crippen LogP contribution in [-0.4, -0.2) is 74.9 Å². The number of rotatable bonds is 8. The monoisotopic (exact) mass is 362 g/mol. The number of ether oxygens (including phenoxy) is 3. The highest BCUT2D eigenvalue weighted by molar-refractivity contribution is 5.76. The lowest BCUT2D eigenvalue weighted by Crippen LogP contribution is -2.50. The first-order valence-corrected chi connectivity index (χ1v) is 9.63. The van der Waals surface area contributed by atoms with Crippen LogP contribution in [0.3, 0.4) is 0 Å². The first-order chi connectivity index (χ1) is 12.7. The molecule has 144 valence electrons. The van der Waals surface area contributed by atoms with Crippen LogP contribution in [0.15, 0.2) is 24.3 Å². The van der Waals surface area contributed by atoms with E-state index in [1.165, 1.54) is 12.8 Å². The Morgan fingerprint density at radius 1 is 1.15 bits per heavy atom. The van der Waals surface area contributed by atoms with E-state index in [0.29, 0.717) is 19.1 Å². The summed E-state index contributed by atoms with van der Waals surface area (Å²) >= 11 is 0. The fourth-order valence-corrected chi connectivity index (χ4v) is 3.50. The third kappa shape index (κ3) is 5.61. The Morgan fingerprint density at radius 2 is 1.88 bits per heavy atom. The lowest BCUT2D eigenvalue weighted by molar-refractivity contribution is -0.133. The molecule has 0 aromatic heterocycles. The van der Waals surface area contributed by atoms with Gasteiger partial charge in [0.05, 0.1) is 19.8 Å². The quantitative estimate of drug-likeness (QED) is 0.664. The zero-order valence-corrected chi connectivity index (χ0v) is 15.7. The third-order valence-electron chi connectivity index (χ3n) is 5.07. The zero-order chi connectivity index (χ0) is 18.2. The van der Waals surface area contributed by atoms with Crippen LogP contribution in [0.5, 0.6) is 11.5 Å². The Bertz CT molecular complexity index is 549. The molecule has 26 heavy (non-hydrogen) atoms. The molecule has 1 atom stereocenters. The van der Waals surface area contributed by atoms with Crippen LogP contribution in [0.4, 0.5) is 0 Å². The molecule has 0 saturated carbocycles. The maximum absolute atomic E-state index is 12.4. The average molecular weight is 362 g/mol. The van der Waals surface area contributed by atoms with Crippen LogP contribution < -0.4 is 9.47 Å². The van der Waals surface area contributed by atoms with Gasteiger partial charge in [0.2, 0.25) is 5.91 Å². The highest BCUT2D eigenvalue weighted by Crippen LogP contribution is 2.17. The number of carbonyl (C=O) groups excluding carboxylic acids is 1. The van der Waals surface area contributed by atoms with E-state index in [9.17, 15) is 4.79 Å². The maximum Gasteiger partial charge on any atom is 0.222 e. The van der Waals surface area contributed by atoms with Crippen molar-refractivity contribution in [3.05, 3.63) is 24.3 Å². The zero-order valence-electron chi connectivity index (χ0n) is 15.7. The van der Waals surface area contributed by atoms with Gasteiger partial charge in [-0.1, -0.05) is 0 Å². The minimum atomic E-state index is 0.236. The van der Waals surface area contributed by atoms with Gasteiger partial charge >= 0.3 is 0 Å². The Balaban J connectivity index is 1.29. The molecule has 0 bridgehead atoms. The molecule has 2 saturated heterocycles. The molecule has 6 nitrogen and oxygen atoms in total. The summed E-state index contributed by atoms with van der Waals surface area (Å²) in [5.74, 6) is 1.85. The van der Waals surface area contributed by atoms with Gasteiger partial charge in [0.15, 0.2) is 0 Å². The van der Waals surface area contributed by atoms with Crippen molar-refractivity contribution < 1.29 is 19.0 Å².